The molecule has 1 aromatic rings. The van der Waals surface area contributed by atoms with Crippen LogP contribution in [0, 0.1) is 39.9 Å². The van der Waals surface area contributed by atoms with Crippen LogP contribution < -0.4 is 0 Å². The average molecular weight is 659 g/mol. The Balaban J connectivity index is 1.85. The Morgan fingerprint density at radius 2 is 1.55 bits per heavy atom. The fourth-order valence-electron chi connectivity index (χ4n) is 9.21. The van der Waals surface area contributed by atoms with E-state index < -0.39 is 99.1 Å². The van der Waals surface area contributed by atoms with Crippen molar-refractivity contribution < 1.29 is 57.6 Å². The van der Waals surface area contributed by atoms with Crippen LogP contribution in [0.4, 0.5) is 0 Å². The average Bonchev–Trinajstić information content (AvgIpc) is 3.53. The Bertz CT molecular complexity index is 1510. The lowest BCUT2D eigenvalue weighted by Gasteiger charge is -2.71. The van der Waals surface area contributed by atoms with E-state index in [1.165, 1.54) is 19.6 Å². The van der Waals surface area contributed by atoms with Gasteiger partial charge in [0, 0.05) is 40.2 Å². The van der Waals surface area contributed by atoms with Gasteiger partial charge in [0.25, 0.3) is 0 Å². The van der Waals surface area contributed by atoms with Gasteiger partial charge in [-0.25, -0.2) is 4.79 Å². The third-order valence-electron chi connectivity index (χ3n) is 11.5. The molecule has 258 valence electrons. The molecule has 2 N–H and O–H groups in total. The zero-order valence-electron chi connectivity index (χ0n) is 28.4. The van der Waals surface area contributed by atoms with Gasteiger partial charge in [0.1, 0.15) is 17.8 Å². The zero-order valence-corrected chi connectivity index (χ0v) is 28.4. The minimum atomic E-state index is -2.81. The van der Waals surface area contributed by atoms with Gasteiger partial charge in [-0.2, -0.15) is 0 Å². The highest BCUT2D eigenvalue weighted by molar-refractivity contribution is 5.99. The molecule has 12 nitrogen and oxygen atoms in total. The predicted molar refractivity (Wildman–Crippen MR) is 163 cm³/mol. The number of carbonyl (C=O) groups is 5. The molecule has 0 spiro atoms. The maximum Gasteiger partial charge on any atom is 0.331 e. The Morgan fingerprint density at radius 3 is 2.09 bits per heavy atom. The van der Waals surface area contributed by atoms with Gasteiger partial charge >= 0.3 is 23.9 Å². The van der Waals surface area contributed by atoms with E-state index in [1.54, 1.807) is 61.5 Å². The van der Waals surface area contributed by atoms with E-state index in [-0.39, 0.29) is 18.4 Å². The van der Waals surface area contributed by atoms with Crippen molar-refractivity contribution in [3.8, 4) is 0 Å². The summed E-state index contributed by atoms with van der Waals surface area (Å²) in [5.41, 5.74) is -8.65. The van der Waals surface area contributed by atoms with Gasteiger partial charge in [0.05, 0.1) is 31.5 Å². The molecule has 3 fully saturated rings. The van der Waals surface area contributed by atoms with Crippen LogP contribution in [0.1, 0.15) is 86.3 Å². The van der Waals surface area contributed by atoms with Crippen molar-refractivity contribution in [2.75, 3.05) is 7.11 Å². The first-order chi connectivity index (χ1) is 21.7. The molecular weight excluding hydrogens is 612 g/mol. The number of ether oxygens (including phenoxy) is 4. The van der Waals surface area contributed by atoms with Crippen molar-refractivity contribution in [3.63, 3.8) is 0 Å². The van der Waals surface area contributed by atoms with E-state index in [0.29, 0.717) is 12.0 Å². The topological polar surface area (TPSA) is 176 Å². The van der Waals surface area contributed by atoms with Gasteiger partial charge in [0.2, 0.25) is 5.60 Å². The minimum Gasteiger partial charge on any atom is -0.472 e. The first-order valence-electron chi connectivity index (χ1n) is 16.2. The van der Waals surface area contributed by atoms with Crippen molar-refractivity contribution in [1.82, 2.24) is 0 Å². The third kappa shape index (κ3) is 4.72. The number of hydrogen-bond acceptors (Lipinski definition) is 12. The van der Waals surface area contributed by atoms with E-state index in [1.807, 2.05) is 0 Å². The number of carbonyl (C=O) groups excluding carboxylic acids is 5. The summed E-state index contributed by atoms with van der Waals surface area (Å²) in [6.45, 7) is 13.0. The second-order valence-electron chi connectivity index (χ2n) is 15.3. The summed E-state index contributed by atoms with van der Waals surface area (Å²) >= 11 is 0. The summed E-state index contributed by atoms with van der Waals surface area (Å²) in [6.07, 6.45) is -0.487. The SMILES string of the molecule is COC(=O)C[C@H]1C(C)(C)[C@H](OC(=O)C(C)C)[C@@]2(O)C(=O)[C@]1(C)[C@@H]1CC[C@]3(C)C(=CC(=O)O[C@H]3c3ccoc3)[C@@]1(O)[C@@H]2OC(=O)C(C)C. The highest BCUT2D eigenvalue weighted by Gasteiger charge is 2.84. The lowest BCUT2D eigenvalue weighted by Crippen LogP contribution is -2.86. The maximum absolute atomic E-state index is 15.1. The largest absolute Gasteiger partial charge is 0.472 e. The van der Waals surface area contributed by atoms with Crippen molar-refractivity contribution in [2.24, 2.45) is 39.9 Å². The van der Waals surface area contributed by atoms with E-state index in [0.717, 1.165) is 6.08 Å². The van der Waals surface area contributed by atoms with Crippen LogP contribution in [-0.2, 0) is 42.9 Å². The zero-order chi connectivity index (χ0) is 35.1. The number of rotatable bonds is 7. The number of Topliss-reactive ketones (excluding diaryl/α,β-unsaturated/α-hetero) is 1. The number of ketones is 1. The van der Waals surface area contributed by atoms with Crippen LogP contribution in [0.15, 0.2) is 34.7 Å². The molecule has 0 amide bonds. The summed E-state index contributed by atoms with van der Waals surface area (Å²) < 4.78 is 28.2. The molecule has 12 heteroatoms. The number of furan rings is 1. The molecule has 3 saturated carbocycles. The van der Waals surface area contributed by atoms with Crippen LogP contribution in [0.2, 0.25) is 0 Å². The second kappa shape index (κ2) is 11.3. The summed E-state index contributed by atoms with van der Waals surface area (Å²) in [6, 6.07) is 1.64. The fraction of sp³-hybridized carbons (Fsp3) is 0.686. The molecule has 0 unspecified atom stereocenters. The van der Waals surface area contributed by atoms with Crippen LogP contribution in [-0.4, -0.2) is 70.4 Å². The molecule has 1 aliphatic heterocycles. The van der Waals surface area contributed by atoms with Gasteiger partial charge < -0.3 is 33.6 Å². The third-order valence-corrected chi connectivity index (χ3v) is 11.5. The van der Waals surface area contributed by atoms with Crippen molar-refractivity contribution in [3.05, 3.63) is 35.8 Å². The first-order valence-corrected chi connectivity index (χ1v) is 16.2. The molecule has 3 aliphatic carbocycles. The Kier molecular flexibility index (Phi) is 8.36. The molecule has 4 aliphatic rings. The smallest absolute Gasteiger partial charge is 0.331 e. The lowest BCUT2D eigenvalue weighted by molar-refractivity contribution is -0.313. The predicted octanol–water partition coefficient (Wildman–Crippen LogP) is 3.63. The molecule has 2 heterocycles. The monoisotopic (exact) mass is 658 g/mol. The molecule has 2 bridgehead atoms. The highest BCUT2D eigenvalue weighted by atomic mass is 16.6. The number of fused-ring (bicyclic) bond motifs is 6. The molecule has 5 rings (SSSR count). The molecule has 0 saturated heterocycles. The Morgan fingerprint density at radius 1 is 0.957 bits per heavy atom. The van der Waals surface area contributed by atoms with Crippen molar-refractivity contribution >= 4 is 29.7 Å². The van der Waals surface area contributed by atoms with Gasteiger partial charge in [-0.05, 0) is 30.4 Å². The minimum absolute atomic E-state index is 0.105. The number of esters is 4. The van der Waals surface area contributed by atoms with Gasteiger partial charge in [-0.15, -0.1) is 0 Å². The molecule has 47 heavy (non-hydrogen) atoms. The molecule has 1 aromatic heterocycles. The molecule has 0 radical (unpaired) electrons. The maximum atomic E-state index is 15.1. The first kappa shape index (κ1) is 34.8. The molecule has 9 atom stereocenters. The van der Waals surface area contributed by atoms with E-state index in [9.17, 15) is 29.4 Å². The number of cyclic esters (lactones) is 1. The van der Waals surface area contributed by atoms with Crippen LogP contribution in [0.5, 0.6) is 0 Å². The van der Waals surface area contributed by atoms with Gasteiger partial charge in [0.15, 0.2) is 11.9 Å². The Labute approximate surface area is 274 Å². The lowest BCUT2D eigenvalue weighted by atomic mass is 9.35. The van der Waals surface area contributed by atoms with Gasteiger partial charge in [-0.3, -0.25) is 19.2 Å². The fourth-order valence-corrected chi connectivity index (χ4v) is 9.21. The van der Waals surface area contributed by atoms with Crippen molar-refractivity contribution in [1.29, 1.82) is 0 Å². The highest BCUT2D eigenvalue weighted by Crippen LogP contribution is 2.71. The van der Waals surface area contributed by atoms with Crippen LogP contribution in [0.3, 0.4) is 0 Å². The number of methoxy groups -OCH3 is 1. The number of hydrogen-bond donors (Lipinski definition) is 2. The van der Waals surface area contributed by atoms with E-state index in [2.05, 4.69) is 0 Å². The summed E-state index contributed by atoms with van der Waals surface area (Å²) in [4.78, 5) is 68.1. The number of aliphatic hydroxyl groups is 2. The van der Waals surface area contributed by atoms with Crippen LogP contribution >= 0.6 is 0 Å². The quantitative estimate of drug-likeness (QED) is 0.322. The van der Waals surface area contributed by atoms with E-state index >= 15 is 4.79 Å². The standard InChI is InChI=1S/C35H46O12/c1-17(2)26(38)46-29-31(5,6)21(14-23(36)43-9)33(8)20-10-12-32(7)22(15-24(37)45-25(32)19-11-13-44-16-19)34(20,41)30(35(29,42)28(33)40)47-27(39)18(3)4/h11,13,15-18,20-21,25,29-30,41-42H,10,12,14H2,1-9H3/t20-,21-,25-,29-,30-,32+,33+,34+,35-/m0/s1. The Hall–Kier alpha value is -3.51. The second-order valence-corrected chi connectivity index (χ2v) is 15.3. The van der Waals surface area contributed by atoms with E-state index in [4.69, 9.17) is 23.4 Å². The normalized spacial score (nSPS) is 38.9. The summed E-state index contributed by atoms with van der Waals surface area (Å²) in [5, 5.41) is 26.4. The van der Waals surface area contributed by atoms with Crippen LogP contribution in [0.25, 0.3) is 0 Å². The summed E-state index contributed by atoms with van der Waals surface area (Å²) in [5.74, 6) is -7.28. The molecular formula is C35H46O12. The molecule has 0 aromatic carbocycles. The van der Waals surface area contributed by atoms with Crippen molar-refractivity contribution in [2.45, 2.75) is 104 Å². The summed E-state index contributed by atoms with van der Waals surface area (Å²) in [7, 11) is 1.22. The van der Waals surface area contributed by atoms with Gasteiger partial charge in [-0.1, -0.05) is 55.4 Å².